The number of allylic oxidation sites excluding steroid dienone is 17. The molecule has 0 saturated heterocycles. The highest BCUT2D eigenvalue weighted by atomic mass is 31.2. The summed E-state index contributed by atoms with van der Waals surface area (Å²) in [7, 11) is 1.57. The minimum Gasteiger partial charge on any atom is -0.387 e. The molecule has 3 unspecified atom stereocenters. The third-order valence-corrected chi connectivity index (χ3v) is 14.7. The van der Waals surface area contributed by atoms with E-state index in [4.69, 9.17) is 9.05 Å². The number of unbranched alkanes of at least 4 members (excludes halogenated alkanes) is 28. The topological polar surface area (TPSA) is 105 Å². The van der Waals surface area contributed by atoms with Crippen LogP contribution >= 0.6 is 7.82 Å². The molecule has 8 nitrogen and oxygen atoms in total. The first kappa shape index (κ1) is 74.2. The fraction of sp³-hybridized carbons (Fsp3) is 0.721. The maximum atomic E-state index is 13.0. The number of hydrogen-bond donors (Lipinski definition) is 3. The Kier molecular flexibility index (Phi) is 55.7. The maximum Gasteiger partial charge on any atom is 0.472 e. The lowest BCUT2D eigenvalue weighted by Crippen LogP contribution is -2.45. The number of nitrogens with one attached hydrogen (secondary N) is 1. The SMILES string of the molecule is CC/C=C\C/C=C\C/C=C\C/C=C\C/C=C\C/C=C\C/C=C\C/C=C\CCCCCCCCCCCCCCCCCCC(=O)NC(COP(=O)(O)OCC[N+](C)(C)C)C(O)/C=C/CCCCCCCCCCCCCC. The molecule has 0 aliphatic heterocycles. The lowest BCUT2D eigenvalue weighted by Gasteiger charge is -2.25. The summed E-state index contributed by atoms with van der Waals surface area (Å²) < 4.78 is 23.7. The number of rotatable bonds is 57. The molecule has 0 aromatic carbocycles. The van der Waals surface area contributed by atoms with E-state index in [1.54, 1.807) is 6.08 Å². The fourth-order valence-corrected chi connectivity index (χ4v) is 9.56. The summed E-state index contributed by atoms with van der Waals surface area (Å²) in [6.45, 7) is 4.70. The van der Waals surface area contributed by atoms with E-state index in [1.807, 2.05) is 27.2 Å². The lowest BCUT2D eigenvalue weighted by atomic mass is 10.0. The van der Waals surface area contributed by atoms with Crippen molar-refractivity contribution in [1.29, 1.82) is 0 Å². The lowest BCUT2D eigenvalue weighted by molar-refractivity contribution is -0.870. The molecule has 0 spiro atoms. The van der Waals surface area contributed by atoms with Gasteiger partial charge in [-0.25, -0.2) is 4.57 Å². The molecule has 0 saturated carbocycles. The van der Waals surface area contributed by atoms with Gasteiger partial charge in [-0.15, -0.1) is 0 Å². The fourth-order valence-electron chi connectivity index (χ4n) is 8.82. The van der Waals surface area contributed by atoms with Crippen LogP contribution < -0.4 is 5.32 Å². The van der Waals surface area contributed by atoms with Crippen molar-refractivity contribution in [2.24, 2.45) is 0 Å². The molecule has 0 aromatic rings. The molecule has 0 aromatic heterocycles. The van der Waals surface area contributed by atoms with Gasteiger partial charge in [-0.05, 0) is 83.5 Å². The van der Waals surface area contributed by atoms with Gasteiger partial charge < -0.3 is 19.8 Å². The van der Waals surface area contributed by atoms with E-state index >= 15 is 0 Å². The zero-order valence-corrected chi connectivity index (χ0v) is 51.6. The van der Waals surface area contributed by atoms with Gasteiger partial charge in [-0.2, -0.15) is 0 Å². The number of nitrogens with zero attached hydrogens (tertiary/aromatic N) is 1. The van der Waals surface area contributed by atoms with E-state index in [0.29, 0.717) is 17.4 Å². The van der Waals surface area contributed by atoms with Crippen LogP contribution in [-0.4, -0.2) is 73.4 Å². The number of likely N-dealkylation sites (N-methyl/N-ethyl adjacent to an activating group) is 1. The number of aliphatic hydroxyl groups excluding tert-OH is 1. The first-order chi connectivity index (χ1) is 37.5. The predicted octanol–water partition coefficient (Wildman–Crippen LogP) is 19.9. The molecular formula is C68H122N2O6P+. The van der Waals surface area contributed by atoms with Crippen LogP contribution in [0.25, 0.3) is 0 Å². The number of amides is 1. The highest BCUT2D eigenvalue weighted by Gasteiger charge is 2.27. The Bertz CT molecular complexity index is 1620. The molecule has 0 radical (unpaired) electrons. The first-order valence-corrected chi connectivity index (χ1v) is 33.3. The Labute approximate surface area is 476 Å². The summed E-state index contributed by atoms with van der Waals surface area (Å²) in [6.07, 6.45) is 85.0. The van der Waals surface area contributed by atoms with E-state index in [0.717, 1.165) is 89.9 Å². The quantitative estimate of drug-likeness (QED) is 0.0243. The second-order valence-electron chi connectivity index (χ2n) is 22.4. The molecule has 444 valence electrons. The van der Waals surface area contributed by atoms with E-state index in [2.05, 4.69) is 116 Å². The Morgan fingerprint density at radius 3 is 1.14 bits per heavy atom. The van der Waals surface area contributed by atoms with Gasteiger partial charge in [0.25, 0.3) is 0 Å². The van der Waals surface area contributed by atoms with Crippen LogP contribution in [0.3, 0.4) is 0 Å². The molecule has 0 aliphatic rings. The first-order valence-electron chi connectivity index (χ1n) is 31.8. The highest BCUT2D eigenvalue weighted by Crippen LogP contribution is 2.43. The van der Waals surface area contributed by atoms with Crippen molar-refractivity contribution < 1.29 is 32.9 Å². The molecule has 3 atom stereocenters. The Morgan fingerprint density at radius 1 is 0.455 bits per heavy atom. The van der Waals surface area contributed by atoms with Crippen LogP contribution in [0.2, 0.25) is 0 Å². The van der Waals surface area contributed by atoms with Crippen molar-refractivity contribution in [2.75, 3.05) is 40.9 Å². The van der Waals surface area contributed by atoms with Crippen molar-refractivity contribution >= 4 is 13.7 Å². The van der Waals surface area contributed by atoms with Crippen molar-refractivity contribution in [2.45, 2.75) is 276 Å². The summed E-state index contributed by atoms with van der Waals surface area (Å²) in [6, 6.07) is -0.850. The van der Waals surface area contributed by atoms with Crippen LogP contribution in [0.5, 0.6) is 0 Å². The van der Waals surface area contributed by atoms with E-state index in [9.17, 15) is 19.4 Å². The molecule has 0 heterocycles. The summed E-state index contributed by atoms with van der Waals surface area (Å²) in [4.78, 5) is 23.3. The molecule has 77 heavy (non-hydrogen) atoms. The zero-order valence-electron chi connectivity index (χ0n) is 50.7. The zero-order chi connectivity index (χ0) is 56.3. The molecule has 0 aliphatic carbocycles. The summed E-state index contributed by atoms with van der Waals surface area (Å²) >= 11 is 0. The van der Waals surface area contributed by atoms with Crippen molar-refractivity contribution in [3.8, 4) is 0 Å². The number of carbonyl (C=O) groups excluding carboxylic acids is 1. The second kappa shape index (κ2) is 57.8. The van der Waals surface area contributed by atoms with Gasteiger partial charge in [0.15, 0.2) is 0 Å². The van der Waals surface area contributed by atoms with Gasteiger partial charge in [0.05, 0.1) is 39.9 Å². The molecule has 0 rings (SSSR count). The number of aliphatic hydroxyl groups is 1. The third-order valence-electron chi connectivity index (χ3n) is 13.7. The molecule has 9 heteroatoms. The summed E-state index contributed by atoms with van der Waals surface area (Å²) in [5.74, 6) is -0.179. The van der Waals surface area contributed by atoms with Gasteiger partial charge in [0.2, 0.25) is 5.91 Å². The van der Waals surface area contributed by atoms with Gasteiger partial charge in [-0.1, -0.05) is 284 Å². The Hall–Kier alpha value is -2.84. The van der Waals surface area contributed by atoms with Gasteiger partial charge >= 0.3 is 7.82 Å². The molecule has 3 N–H and O–H groups in total. The van der Waals surface area contributed by atoms with E-state index in [1.165, 1.54) is 154 Å². The van der Waals surface area contributed by atoms with Crippen LogP contribution in [0.1, 0.15) is 264 Å². The second-order valence-corrected chi connectivity index (χ2v) is 23.9. The third kappa shape index (κ3) is 60.6. The van der Waals surface area contributed by atoms with Gasteiger partial charge in [-0.3, -0.25) is 13.8 Å². The molecule has 0 fully saturated rings. The smallest absolute Gasteiger partial charge is 0.387 e. The van der Waals surface area contributed by atoms with Gasteiger partial charge in [0.1, 0.15) is 13.2 Å². The summed E-state index contributed by atoms with van der Waals surface area (Å²) in [5.41, 5.74) is 0. The predicted molar refractivity (Wildman–Crippen MR) is 336 cm³/mol. The van der Waals surface area contributed by atoms with Gasteiger partial charge in [0, 0.05) is 6.42 Å². The van der Waals surface area contributed by atoms with Crippen LogP contribution in [-0.2, 0) is 18.4 Å². The van der Waals surface area contributed by atoms with Crippen molar-refractivity contribution in [3.05, 3.63) is 109 Å². The van der Waals surface area contributed by atoms with Crippen molar-refractivity contribution in [1.82, 2.24) is 5.32 Å². The Morgan fingerprint density at radius 2 is 0.779 bits per heavy atom. The van der Waals surface area contributed by atoms with E-state index < -0.39 is 20.0 Å². The number of carbonyl (C=O) groups is 1. The van der Waals surface area contributed by atoms with E-state index in [-0.39, 0.29) is 19.1 Å². The van der Waals surface area contributed by atoms with Crippen LogP contribution in [0, 0.1) is 0 Å². The average molecular weight is 1090 g/mol. The van der Waals surface area contributed by atoms with Crippen molar-refractivity contribution in [3.63, 3.8) is 0 Å². The molecule has 0 bridgehead atoms. The average Bonchev–Trinajstić information content (AvgIpc) is 3.39. The number of phosphoric ester groups is 1. The number of hydrogen-bond acceptors (Lipinski definition) is 5. The normalized spacial score (nSPS) is 14.5. The van der Waals surface area contributed by atoms with Crippen LogP contribution in [0.4, 0.5) is 0 Å². The maximum absolute atomic E-state index is 13.0. The number of phosphoric acid groups is 1. The number of quaternary nitrogens is 1. The molecular weight excluding hydrogens is 972 g/mol. The summed E-state index contributed by atoms with van der Waals surface area (Å²) in [5, 5.41) is 13.9. The van der Waals surface area contributed by atoms with Crippen LogP contribution in [0.15, 0.2) is 109 Å². The molecule has 1 amide bonds. The standard InChI is InChI=1S/C68H121N2O6P/c1-6-8-10-12-14-16-18-20-22-23-24-25-26-27-28-29-30-31-32-33-34-35-36-37-38-39-40-41-42-43-44-45-46-47-48-50-52-54-56-58-60-62-68(72)69-66(65-76-77(73,74)75-64-63-70(3,4)5)67(71)61-59-57-55-53-51-49-21-19-17-15-13-11-9-7-2/h8,10,14,16,20,22,24-25,27-28,30-31,33-34,36-37,59,61,66-67,71H,6-7,9,11-13,15,17-19,21,23,26,29,32,35,38-58,60,62-65H2,1-5H3,(H-,69,72,73,74)/p+1/b10-8-,16-14-,22-20-,25-24-,28-27-,31-30-,34-33-,37-36-,61-59+. The minimum atomic E-state index is -4.35. The Balaban J connectivity index is 3.99. The monoisotopic (exact) mass is 1090 g/mol. The minimum absolute atomic E-state index is 0.0589. The largest absolute Gasteiger partial charge is 0.472 e. The highest BCUT2D eigenvalue weighted by molar-refractivity contribution is 7.47.